The summed E-state index contributed by atoms with van der Waals surface area (Å²) in [5, 5.41) is 11.6. The molecular formula is C12H22N2O5. The summed E-state index contributed by atoms with van der Waals surface area (Å²) in [5.74, 6) is 0. The summed E-state index contributed by atoms with van der Waals surface area (Å²) < 4.78 is 10.4. The molecular weight excluding hydrogens is 252 g/mol. The van der Waals surface area contributed by atoms with E-state index >= 15 is 0 Å². The van der Waals surface area contributed by atoms with Crippen LogP contribution in [0.2, 0.25) is 0 Å². The first-order valence-electron chi connectivity index (χ1n) is 6.23. The second kappa shape index (κ2) is 6.10. The molecule has 0 aromatic heterocycles. The van der Waals surface area contributed by atoms with E-state index in [0.29, 0.717) is 13.0 Å². The van der Waals surface area contributed by atoms with Crippen LogP contribution in [0, 0.1) is 0 Å². The van der Waals surface area contributed by atoms with Crippen LogP contribution in [-0.4, -0.2) is 60.1 Å². The van der Waals surface area contributed by atoms with Crippen molar-refractivity contribution >= 4 is 12.2 Å². The Balaban J connectivity index is 2.61. The van der Waals surface area contributed by atoms with Gasteiger partial charge in [-0.25, -0.2) is 9.59 Å². The highest BCUT2D eigenvalue weighted by Gasteiger charge is 2.33. The van der Waals surface area contributed by atoms with Crippen LogP contribution in [0.15, 0.2) is 0 Å². The van der Waals surface area contributed by atoms with Crippen LogP contribution in [0.25, 0.3) is 0 Å². The number of methoxy groups -OCH3 is 1. The van der Waals surface area contributed by atoms with Crippen LogP contribution < -0.4 is 5.32 Å². The summed E-state index contributed by atoms with van der Waals surface area (Å²) in [4.78, 5) is 23.9. The van der Waals surface area contributed by atoms with Crippen LogP contribution in [-0.2, 0) is 9.47 Å². The minimum absolute atomic E-state index is 0.201. The van der Waals surface area contributed by atoms with Crippen molar-refractivity contribution in [2.24, 2.45) is 0 Å². The highest BCUT2D eigenvalue weighted by Crippen LogP contribution is 2.15. The third kappa shape index (κ3) is 4.94. The highest BCUT2D eigenvalue weighted by atomic mass is 16.6. The lowest BCUT2D eigenvalue weighted by Crippen LogP contribution is -2.57. The number of carbonyl (C=O) groups is 2. The number of carbonyl (C=O) groups excluding carboxylic acids is 1. The van der Waals surface area contributed by atoms with Crippen LogP contribution in [0.4, 0.5) is 9.59 Å². The van der Waals surface area contributed by atoms with Crippen molar-refractivity contribution in [3.05, 3.63) is 0 Å². The number of nitrogens with zero attached hydrogens (tertiary/aromatic N) is 1. The molecule has 0 aromatic carbocycles. The molecule has 2 atom stereocenters. The fourth-order valence-electron chi connectivity index (χ4n) is 1.98. The van der Waals surface area contributed by atoms with Crippen molar-refractivity contribution in [2.75, 3.05) is 20.2 Å². The summed E-state index contributed by atoms with van der Waals surface area (Å²) in [6.07, 6.45) is -1.22. The van der Waals surface area contributed by atoms with Crippen LogP contribution >= 0.6 is 0 Å². The zero-order chi connectivity index (χ0) is 14.6. The number of nitrogens with one attached hydrogen (secondary N) is 1. The van der Waals surface area contributed by atoms with Crippen molar-refractivity contribution in [2.45, 2.75) is 44.9 Å². The first-order valence-corrected chi connectivity index (χ1v) is 6.23. The quantitative estimate of drug-likeness (QED) is 0.792. The average Bonchev–Trinajstić information content (AvgIpc) is 2.26. The molecule has 1 aliphatic rings. The molecule has 110 valence electrons. The Morgan fingerprint density at radius 3 is 2.47 bits per heavy atom. The Morgan fingerprint density at radius 1 is 1.37 bits per heavy atom. The lowest BCUT2D eigenvalue weighted by molar-refractivity contribution is 0.00432. The number of hydrogen-bond acceptors (Lipinski definition) is 4. The smallest absolute Gasteiger partial charge is 0.408 e. The molecule has 19 heavy (non-hydrogen) atoms. The zero-order valence-electron chi connectivity index (χ0n) is 11.8. The molecule has 0 aromatic rings. The van der Waals surface area contributed by atoms with Crippen LogP contribution in [0.1, 0.15) is 27.2 Å². The van der Waals surface area contributed by atoms with Crippen molar-refractivity contribution in [3.8, 4) is 0 Å². The third-order valence-corrected chi connectivity index (χ3v) is 2.82. The maximum Gasteiger partial charge on any atom is 0.408 e. The van der Waals surface area contributed by atoms with Gasteiger partial charge in [-0.3, -0.25) is 0 Å². The molecule has 1 aliphatic heterocycles. The van der Waals surface area contributed by atoms with Crippen molar-refractivity contribution in [3.63, 3.8) is 0 Å². The molecule has 0 saturated carbocycles. The van der Waals surface area contributed by atoms with Gasteiger partial charge in [-0.05, 0) is 27.2 Å². The molecule has 0 spiro atoms. The fraction of sp³-hybridized carbons (Fsp3) is 0.833. The summed E-state index contributed by atoms with van der Waals surface area (Å²) in [5.41, 5.74) is -0.589. The monoisotopic (exact) mass is 274 g/mol. The summed E-state index contributed by atoms with van der Waals surface area (Å²) >= 11 is 0. The molecule has 2 amide bonds. The Hall–Kier alpha value is -1.50. The number of rotatable bonds is 2. The Morgan fingerprint density at radius 2 is 2.00 bits per heavy atom. The number of amides is 2. The van der Waals surface area contributed by atoms with Crippen LogP contribution in [0.3, 0.4) is 0 Å². The molecule has 7 heteroatoms. The zero-order valence-corrected chi connectivity index (χ0v) is 11.8. The average molecular weight is 274 g/mol. The molecule has 0 bridgehead atoms. The maximum atomic E-state index is 11.7. The van der Waals surface area contributed by atoms with Gasteiger partial charge in [0.2, 0.25) is 0 Å². The van der Waals surface area contributed by atoms with Gasteiger partial charge in [0.1, 0.15) is 5.60 Å². The molecule has 1 saturated heterocycles. The van der Waals surface area contributed by atoms with E-state index in [-0.39, 0.29) is 12.6 Å². The molecule has 1 heterocycles. The molecule has 0 unspecified atom stereocenters. The lowest BCUT2D eigenvalue weighted by atomic mass is 10.0. The molecule has 1 fully saturated rings. The van der Waals surface area contributed by atoms with Crippen molar-refractivity contribution in [1.29, 1.82) is 0 Å². The van der Waals surface area contributed by atoms with E-state index in [9.17, 15) is 9.59 Å². The van der Waals surface area contributed by atoms with Crippen LogP contribution in [0.5, 0.6) is 0 Å². The standard InChI is InChI=1S/C12H22N2O5/c1-12(2,3)19-10(15)13-8-7-14(11(16)17)6-5-9(8)18-4/h8-9H,5-7H2,1-4H3,(H,13,15)(H,16,17)/t8-,9-/m0/s1. The molecule has 2 N–H and O–H groups in total. The highest BCUT2D eigenvalue weighted by molar-refractivity contribution is 5.69. The van der Waals surface area contributed by atoms with E-state index in [0.717, 1.165) is 0 Å². The maximum absolute atomic E-state index is 11.7. The largest absolute Gasteiger partial charge is 0.465 e. The SMILES string of the molecule is CO[C@H]1CCN(C(=O)O)C[C@@H]1NC(=O)OC(C)(C)C. The van der Waals surface area contributed by atoms with Gasteiger partial charge >= 0.3 is 12.2 Å². The van der Waals surface area contributed by atoms with E-state index in [1.165, 1.54) is 4.90 Å². The minimum Gasteiger partial charge on any atom is -0.465 e. The number of alkyl carbamates (subject to hydrolysis) is 1. The number of hydrogen-bond donors (Lipinski definition) is 2. The number of likely N-dealkylation sites (tertiary alicyclic amines) is 1. The normalized spacial score (nSPS) is 23.9. The predicted molar refractivity (Wildman–Crippen MR) is 68.2 cm³/mol. The summed E-state index contributed by atoms with van der Waals surface area (Å²) in [6, 6.07) is -0.398. The van der Waals surface area contributed by atoms with E-state index in [4.69, 9.17) is 14.6 Å². The van der Waals surface area contributed by atoms with Gasteiger partial charge in [-0.1, -0.05) is 0 Å². The van der Waals surface area contributed by atoms with E-state index in [2.05, 4.69) is 5.32 Å². The van der Waals surface area contributed by atoms with E-state index in [1.54, 1.807) is 27.9 Å². The predicted octanol–water partition coefficient (Wildman–Crippen LogP) is 1.28. The van der Waals surface area contributed by atoms with Gasteiger partial charge in [0, 0.05) is 20.2 Å². The van der Waals surface area contributed by atoms with E-state index in [1.807, 2.05) is 0 Å². The van der Waals surface area contributed by atoms with Gasteiger partial charge in [0.25, 0.3) is 0 Å². The Kier molecular flexibility index (Phi) is 4.99. The Labute approximate surface area is 112 Å². The van der Waals surface area contributed by atoms with Crippen molar-refractivity contribution < 1.29 is 24.2 Å². The van der Waals surface area contributed by atoms with E-state index < -0.39 is 23.8 Å². The third-order valence-electron chi connectivity index (χ3n) is 2.82. The number of piperidine rings is 1. The van der Waals surface area contributed by atoms with Gasteiger partial charge in [-0.2, -0.15) is 0 Å². The van der Waals surface area contributed by atoms with Gasteiger partial charge in [0.05, 0.1) is 12.1 Å². The first kappa shape index (κ1) is 15.6. The second-order valence-corrected chi connectivity index (χ2v) is 5.54. The molecule has 7 nitrogen and oxygen atoms in total. The summed E-state index contributed by atoms with van der Waals surface area (Å²) in [7, 11) is 1.55. The number of carboxylic acid groups (broad SMARTS) is 1. The topological polar surface area (TPSA) is 88.1 Å². The lowest BCUT2D eigenvalue weighted by Gasteiger charge is -2.36. The van der Waals surface area contributed by atoms with Gasteiger partial charge in [0.15, 0.2) is 0 Å². The second-order valence-electron chi connectivity index (χ2n) is 5.54. The van der Waals surface area contributed by atoms with Gasteiger partial charge < -0.3 is 24.8 Å². The molecule has 1 rings (SSSR count). The summed E-state index contributed by atoms with van der Waals surface area (Å²) in [6.45, 7) is 5.91. The van der Waals surface area contributed by atoms with Crippen molar-refractivity contribution in [1.82, 2.24) is 10.2 Å². The molecule has 0 aliphatic carbocycles. The molecule has 0 radical (unpaired) electrons. The minimum atomic E-state index is -0.995. The Bertz CT molecular complexity index is 340. The van der Waals surface area contributed by atoms with Gasteiger partial charge in [-0.15, -0.1) is 0 Å². The first-order chi connectivity index (χ1) is 8.73. The number of ether oxygens (including phenoxy) is 2. The fourth-order valence-corrected chi connectivity index (χ4v) is 1.98.